The summed E-state index contributed by atoms with van der Waals surface area (Å²) in [5.41, 5.74) is 3.05. The molecule has 7 nitrogen and oxygen atoms in total. The molecule has 1 aliphatic rings. The molecule has 0 radical (unpaired) electrons. The highest BCUT2D eigenvalue weighted by Gasteiger charge is 2.30. The number of nitrogens with zero attached hydrogens (tertiary/aromatic N) is 5. The minimum Gasteiger partial charge on any atom is -0.497 e. The van der Waals surface area contributed by atoms with E-state index in [1.165, 1.54) is 12.8 Å². The van der Waals surface area contributed by atoms with E-state index < -0.39 is 0 Å². The summed E-state index contributed by atoms with van der Waals surface area (Å²) in [5.74, 6) is 2.48. The third kappa shape index (κ3) is 4.60. The summed E-state index contributed by atoms with van der Waals surface area (Å²) in [6, 6.07) is 20.5. The van der Waals surface area contributed by atoms with Crippen molar-refractivity contribution in [1.82, 2.24) is 24.2 Å². The Morgan fingerprint density at radius 1 is 0.971 bits per heavy atom. The molecule has 1 aliphatic carbocycles. The smallest absolute Gasteiger partial charge is 0.204 e. The van der Waals surface area contributed by atoms with E-state index in [-0.39, 0.29) is 0 Å². The van der Waals surface area contributed by atoms with Gasteiger partial charge < -0.3 is 9.47 Å². The summed E-state index contributed by atoms with van der Waals surface area (Å²) in [6.07, 6.45) is 5.90. The third-order valence-corrected chi connectivity index (χ3v) is 6.45. The van der Waals surface area contributed by atoms with Crippen LogP contribution in [0.1, 0.15) is 18.4 Å². The fourth-order valence-electron chi connectivity index (χ4n) is 4.11. The van der Waals surface area contributed by atoms with Gasteiger partial charge in [0.2, 0.25) is 4.77 Å². The van der Waals surface area contributed by atoms with Crippen LogP contribution >= 0.6 is 12.2 Å². The Bertz CT molecular complexity index is 1310. The number of aromatic nitrogens is 4. The van der Waals surface area contributed by atoms with E-state index in [1.54, 1.807) is 26.6 Å². The summed E-state index contributed by atoms with van der Waals surface area (Å²) < 4.78 is 15.5. The zero-order valence-electron chi connectivity index (χ0n) is 19.3. The number of para-hydroxylation sites is 1. The molecule has 34 heavy (non-hydrogen) atoms. The number of methoxy groups -OCH3 is 2. The highest BCUT2D eigenvalue weighted by Crippen LogP contribution is 2.31. The molecule has 0 bridgehead atoms. The van der Waals surface area contributed by atoms with Gasteiger partial charge >= 0.3 is 0 Å². The summed E-state index contributed by atoms with van der Waals surface area (Å²) in [4.78, 5) is 6.59. The lowest BCUT2D eigenvalue weighted by Gasteiger charge is -2.22. The maximum Gasteiger partial charge on any atom is 0.204 e. The molecule has 0 aliphatic heterocycles. The predicted molar refractivity (Wildman–Crippen MR) is 134 cm³/mol. The van der Waals surface area contributed by atoms with Gasteiger partial charge in [-0.2, -0.15) is 0 Å². The van der Waals surface area contributed by atoms with Crippen molar-refractivity contribution < 1.29 is 9.47 Å². The van der Waals surface area contributed by atoms with E-state index in [0.29, 0.717) is 17.5 Å². The fourth-order valence-corrected chi connectivity index (χ4v) is 4.40. The lowest BCUT2D eigenvalue weighted by Crippen LogP contribution is -2.29. The highest BCUT2D eigenvalue weighted by atomic mass is 32.1. The van der Waals surface area contributed by atoms with E-state index >= 15 is 0 Å². The Morgan fingerprint density at radius 2 is 1.71 bits per heavy atom. The van der Waals surface area contributed by atoms with Crippen LogP contribution in [0.25, 0.3) is 17.1 Å². The largest absolute Gasteiger partial charge is 0.497 e. The maximum absolute atomic E-state index is 5.96. The first-order chi connectivity index (χ1) is 16.7. The average molecular weight is 474 g/mol. The molecule has 0 unspecified atom stereocenters. The first-order valence-electron chi connectivity index (χ1n) is 11.3. The van der Waals surface area contributed by atoms with Gasteiger partial charge in [-0.3, -0.25) is 14.5 Å². The second-order valence-electron chi connectivity index (χ2n) is 8.31. The molecule has 2 aromatic carbocycles. The number of rotatable bonds is 9. The quantitative estimate of drug-likeness (QED) is 0.315. The van der Waals surface area contributed by atoms with Gasteiger partial charge in [0.05, 0.1) is 26.6 Å². The third-order valence-electron chi connectivity index (χ3n) is 6.05. The van der Waals surface area contributed by atoms with E-state index in [2.05, 4.69) is 22.0 Å². The summed E-state index contributed by atoms with van der Waals surface area (Å²) in [6.45, 7) is 1.37. The van der Waals surface area contributed by atoms with Crippen LogP contribution < -0.4 is 9.47 Å². The van der Waals surface area contributed by atoms with Gasteiger partial charge in [0, 0.05) is 36.1 Å². The zero-order valence-corrected chi connectivity index (χ0v) is 20.1. The molecule has 0 N–H and O–H groups in total. The van der Waals surface area contributed by atoms with Gasteiger partial charge in [-0.1, -0.05) is 18.2 Å². The Labute approximate surface area is 204 Å². The van der Waals surface area contributed by atoms with E-state index in [1.807, 2.05) is 57.8 Å². The Kier molecular flexibility index (Phi) is 6.42. The molecule has 2 heterocycles. The molecule has 1 saturated carbocycles. The minimum absolute atomic E-state index is 0.516. The first-order valence-corrected chi connectivity index (χ1v) is 11.7. The molecule has 0 spiro atoms. The normalized spacial score (nSPS) is 13.3. The number of pyridine rings is 1. The van der Waals surface area contributed by atoms with Crippen molar-refractivity contribution in [3.63, 3.8) is 0 Å². The molecule has 4 aromatic rings. The molecular weight excluding hydrogens is 446 g/mol. The molecule has 0 saturated heterocycles. The van der Waals surface area contributed by atoms with Crippen LogP contribution in [0.3, 0.4) is 0 Å². The summed E-state index contributed by atoms with van der Waals surface area (Å²) in [7, 11) is 3.38. The van der Waals surface area contributed by atoms with Crippen molar-refractivity contribution in [3.05, 3.63) is 83.4 Å². The topological polar surface area (TPSA) is 57.3 Å². The minimum atomic E-state index is 0.516. The molecule has 2 aromatic heterocycles. The van der Waals surface area contributed by atoms with Crippen molar-refractivity contribution in [2.45, 2.75) is 32.1 Å². The molecular formula is C26H27N5O2S. The van der Waals surface area contributed by atoms with E-state index in [4.69, 9.17) is 26.8 Å². The SMILES string of the molecule is COc1ccc(-n2c(-c3ccncc3)nn(CN(Cc3ccccc3OC)C3CC3)c2=S)cc1. The van der Waals surface area contributed by atoms with Gasteiger partial charge in [0.15, 0.2) is 5.82 Å². The fraction of sp³-hybridized carbons (Fsp3) is 0.269. The molecule has 1 fully saturated rings. The molecule has 174 valence electrons. The van der Waals surface area contributed by atoms with E-state index in [0.717, 1.165) is 40.7 Å². The molecule has 0 atom stereocenters. The van der Waals surface area contributed by atoms with Gasteiger partial charge in [0.1, 0.15) is 11.5 Å². The van der Waals surface area contributed by atoms with Crippen molar-refractivity contribution in [3.8, 4) is 28.6 Å². The van der Waals surface area contributed by atoms with Crippen LogP contribution in [0.2, 0.25) is 0 Å². The van der Waals surface area contributed by atoms with Gasteiger partial charge in [-0.05, 0) is 67.5 Å². The van der Waals surface area contributed by atoms with Crippen molar-refractivity contribution in [2.75, 3.05) is 14.2 Å². The Balaban J connectivity index is 1.53. The highest BCUT2D eigenvalue weighted by molar-refractivity contribution is 7.71. The predicted octanol–water partition coefficient (Wildman–Crippen LogP) is 5.10. The lowest BCUT2D eigenvalue weighted by atomic mass is 10.2. The van der Waals surface area contributed by atoms with Crippen LogP contribution in [-0.2, 0) is 13.2 Å². The number of hydrogen-bond donors (Lipinski definition) is 0. The standard InChI is InChI=1S/C26H27N5O2S/c1-32-23-11-9-22(10-12-23)31-25(19-13-15-27-16-14-19)28-30(26(31)34)18-29(21-7-8-21)17-20-5-3-4-6-24(20)33-2/h3-6,9-16,21H,7-8,17-18H2,1-2H3. The van der Waals surface area contributed by atoms with Crippen molar-refractivity contribution >= 4 is 12.2 Å². The van der Waals surface area contributed by atoms with Crippen LogP contribution in [0.4, 0.5) is 0 Å². The molecule has 5 rings (SSSR count). The Hall–Kier alpha value is -3.49. The van der Waals surface area contributed by atoms with Crippen molar-refractivity contribution in [2.24, 2.45) is 0 Å². The van der Waals surface area contributed by atoms with Crippen LogP contribution in [0.15, 0.2) is 73.1 Å². The zero-order chi connectivity index (χ0) is 23.5. The van der Waals surface area contributed by atoms with Crippen LogP contribution in [0, 0.1) is 4.77 Å². The van der Waals surface area contributed by atoms with Gasteiger partial charge in [-0.15, -0.1) is 5.10 Å². The number of benzene rings is 2. The van der Waals surface area contributed by atoms with Gasteiger partial charge in [-0.25, -0.2) is 4.68 Å². The van der Waals surface area contributed by atoms with Crippen LogP contribution in [0.5, 0.6) is 11.5 Å². The monoisotopic (exact) mass is 473 g/mol. The van der Waals surface area contributed by atoms with E-state index in [9.17, 15) is 0 Å². The Morgan fingerprint density at radius 3 is 2.38 bits per heavy atom. The number of ether oxygens (including phenoxy) is 2. The number of hydrogen-bond acceptors (Lipinski definition) is 6. The second-order valence-corrected chi connectivity index (χ2v) is 8.67. The van der Waals surface area contributed by atoms with Crippen molar-refractivity contribution in [1.29, 1.82) is 0 Å². The first kappa shape index (κ1) is 22.3. The lowest BCUT2D eigenvalue weighted by molar-refractivity contribution is 0.184. The maximum atomic E-state index is 5.96. The van der Waals surface area contributed by atoms with Gasteiger partial charge in [0.25, 0.3) is 0 Å². The average Bonchev–Trinajstić information content (AvgIpc) is 3.69. The second kappa shape index (κ2) is 9.79. The molecule has 8 heteroatoms. The summed E-state index contributed by atoms with van der Waals surface area (Å²) in [5, 5.41) is 4.98. The van der Waals surface area contributed by atoms with Crippen LogP contribution in [-0.4, -0.2) is 44.5 Å². The molecule has 0 amide bonds. The summed E-state index contributed by atoms with van der Waals surface area (Å²) >= 11 is 5.96.